The van der Waals surface area contributed by atoms with Crippen molar-refractivity contribution in [3.05, 3.63) is 23.8 Å². The van der Waals surface area contributed by atoms with E-state index >= 15 is 0 Å². The number of hydrogen-bond acceptors (Lipinski definition) is 5. The summed E-state index contributed by atoms with van der Waals surface area (Å²) in [7, 11) is 3.91. The predicted molar refractivity (Wildman–Crippen MR) is 78.3 cm³/mol. The molecule has 2 N–H and O–H groups in total. The maximum Gasteiger partial charge on any atom is 0.161 e. The second kappa shape index (κ2) is 6.43. The highest BCUT2D eigenvalue weighted by Gasteiger charge is 2.20. The number of benzene rings is 1. The lowest BCUT2D eigenvalue weighted by molar-refractivity contribution is 0.0336. The van der Waals surface area contributed by atoms with Crippen LogP contribution in [-0.4, -0.2) is 56.0 Å². The molecule has 0 aliphatic carbocycles. The van der Waals surface area contributed by atoms with Crippen molar-refractivity contribution in [1.82, 2.24) is 10.2 Å². The summed E-state index contributed by atoms with van der Waals surface area (Å²) in [5, 5.41) is 13.5. The van der Waals surface area contributed by atoms with E-state index in [2.05, 4.69) is 5.32 Å². The molecule has 1 aliphatic heterocycles. The van der Waals surface area contributed by atoms with Gasteiger partial charge in [-0.1, -0.05) is 6.07 Å². The molecule has 0 bridgehead atoms. The number of ether oxygens (including phenoxy) is 2. The van der Waals surface area contributed by atoms with Crippen LogP contribution in [0.4, 0.5) is 0 Å². The van der Waals surface area contributed by atoms with Gasteiger partial charge >= 0.3 is 0 Å². The van der Waals surface area contributed by atoms with E-state index in [0.717, 1.165) is 17.1 Å². The van der Waals surface area contributed by atoms with E-state index < -0.39 is 5.60 Å². The number of fused-ring (bicyclic) bond motifs is 1. The van der Waals surface area contributed by atoms with E-state index in [1.807, 2.05) is 44.1 Å². The van der Waals surface area contributed by atoms with Gasteiger partial charge in [0.15, 0.2) is 11.5 Å². The first-order valence-corrected chi connectivity index (χ1v) is 6.93. The van der Waals surface area contributed by atoms with Gasteiger partial charge < -0.3 is 24.8 Å². The van der Waals surface area contributed by atoms with Crippen molar-refractivity contribution in [1.29, 1.82) is 0 Å². The molecular weight excluding hydrogens is 256 g/mol. The van der Waals surface area contributed by atoms with Crippen LogP contribution in [0.5, 0.6) is 11.5 Å². The number of likely N-dealkylation sites (N-methyl/N-ethyl adjacent to an activating group) is 1. The van der Waals surface area contributed by atoms with Gasteiger partial charge in [0, 0.05) is 19.6 Å². The third kappa shape index (κ3) is 4.37. The van der Waals surface area contributed by atoms with Crippen LogP contribution in [0.1, 0.15) is 12.5 Å². The lowest BCUT2D eigenvalue weighted by Gasteiger charge is -2.27. The van der Waals surface area contributed by atoms with Crippen molar-refractivity contribution in [3.8, 4) is 11.5 Å². The molecule has 0 aromatic heterocycles. The normalized spacial score (nSPS) is 17.1. The van der Waals surface area contributed by atoms with Crippen LogP contribution in [0.15, 0.2) is 18.2 Å². The highest BCUT2D eigenvalue weighted by molar-refractivity contribution is 5.43. The maximum absolute atomic E-state index is 10.2. The number of nitrogens with one attached hydrogen (secondary N) is 1. The van der Waals surface area contributed by atoms with Crippen molar-refractivity contribution in [2.75, 3.05) is 40.4 Å². The van der Waals surface area contributed by atoms with Gasteiger partial charge in [0.2, 0.25) is 0 Å². The van der Waals surface area contributed by atoms with E-state index in [0.29, 0.717) is 32.8 Å². The summed E-state index contributed by atoms with van der Waals surface area (Å²) in [4.78, 5) is 1.98. The van der Waals surface area contributed by atoms with Gasteiger partial charge in [0.05, 0.1) is 5.60 Å². The minimum absolute atomic E-state index is 0.541. The molecule has 1 heterocycles. The quantitative estimate of drug-likeness (QED) is 0.809. The first kappa shape index (κ1) is 15.1. The number of hydrogen-bond donors (Lipinski definition) is 2. The lowest BCUT2D eigenvalue weighted by atomic mass is 10.1. The fraction of sp³-hybridized carbons (Fsp3) is 0.600. The van der Waals surface area contributed by atoms with Gasteiger partial charge in [-0.25, -0.2) is 0 Å². The lowest BCUT2D eigenvalue weighted by Crippen LogP contribution is -2.45. The summed E-state index contributed by atoms with van der Waals surface area (Å²) in [5.41, 5.74) is 0.382. The average Bonchev–Trinajstić information content (AvgIpc) is 2.37. The highest BCUT2D eigenvalue weighted by atomic mass is 16.6. The molecule has 0 fully saturated rings. The summed E-state index contributed by atoms with van der Waals surface area (Å²) >= 11 is 0. The Morgan fingerprint density at radius 2 is 1.95 bits per heavy atom. The van der Waals surface area contributed by atoms with Crippen molar-refractivity contribution in [3.63, 3.8) is 0 Å². The molecule has 5 heteroatoms. The molecule has 20 heavy (non-hydrogen) atoms. The Hall–Kier alpha value is -1.30. The van der Waals surface area contributed by atoms with Crippen molar-refractivity contribution < 1.29 is 14.6 Å². The Labute approximate surface area is 120 Å². The molecule has 0 spiro atoms. The largest absolute Gasteiger partial charge is 0.486 e. The van der Waals surface area contributed by atoms with Crippen molar-refractivity contribution in [2.45, 2.75) is 19.1 Å². The van der Waals surface area contributed by atoms with Crippen molar-refractivity contribution >= 4 is 0 Å². The van der Waals surface area contributed by atoms with Gasteiger partial charge in [-0.15, -0.1) is 0 Å². The van der Waals surface area contributed by atoms with Gasteiger partial charge in [-0.05, 0) is 38.7 Å². The Balaban J connectivity index is 1.85. The first-order chi connectivity index (χ1) is 9.46. The molecule has 1 aliphatic rings. The van der Waals surface area contributed by atoms with Gasteiger partial charge in [0.25, 0.3) is 0 Å². The summed E-state index contributed by atoms with van der Waals surface area (Å²) < 4.78 is 11.0. The van der Waals surface area contributed by atoms with Crippen LogP contribution < -0.4 is 14.8 Å². The van der Waals surface area contributed by atoms with E-state index in [4.69, 9.17) is 9.47 Å². The summed E-state index contributed by atoms with van der Waals surface area (Å²) in [5.74, 6) is 1.61. The minimum Gasteiger partial charge on any atom is -0.486 e. The third-order valence-electron chi connectivity index (χ3n) is 3.10. The summed E-state index contributed by atoms with van der Waals surface area (Å²) in [6.07, 6.45) is 0. The second-order valence-electron chi connectivity index (χ2n) is 5.82. The standard InChI is InChI=1S/C15H24N2O3/c1-15(18,11-17(2)3)10-16-9-12-4-5-13-14(8-12)20-7-6-19-13/h4-5,8,16,18H,6-7,9-11H2,1-3H3. The van der Waals surface area contributed by atoms with Crippen LogP contribution in [0.3, 0.4) is 0 Å². The van der Waals surface area contributed by atoms with Gasteiger partial charge in [0.1, 0.15) is 13.2 Å². The van der Waals surface area contributed by atoms with E-state index in [-0.39, 0.29) is 0 Å². The zero-order valence-corrected chi connectivity index (χ0v) is 12.5. The van der Waals surface area contributed by atoms with Gasteiger partial charge in [-0.2, -0.15) is 0 Å². The van der Waals surface area contributed by atoms with E-state index in [1.54, 1.807) is 0 Å². The SMILES string of the molecule is CN(C)CC(C)(O)CNCc1ccc2c(c1)OCCO2. The number of aliphatic hydroxyl groups is 1. The molecule has 0 saturated heterocycles. The van der Waals surface area contributed by atoms with Crippen molar-refractivity contribution in [2.24, 2.45) is 0 Å². The fourth-order valence-corrected chi connectivity index (χ4v) is 2.41. The van der Waals surface area contributed by atoms with E-state index in [9.17, 15) is 5.11 Å². The topological polar surface area (TPSA) is 54.0 Å². The van der Waals surface area contributed by atoms with E-state index in [1.165, 1.54) is 0 Å². The highest BCUT2D eigenvalue weighted by Crippen LogP contribution is 2.30. The molecule has 2 rings (SSSR count). The number of nitrogens with zero attached hydrogens (tertiary/aromatic N) is 1. The molecule has 5 nitrogen and oxygen atoms in total. The summed E-state index contributed by atoms with van der Waals surface area (Å²) in [6, 6.07) is 5.94. The Kier molecular flexibility index (Phi) is 4.86. The zero-order chi connectivity index (χ0) is 14.6. The smallest absolute Gasteiger partial charge is 0.161 e. The first-order valence-electron chi connectivity index (χ1n) is 6.93. The average molecular weight is 280 g/mol. The zero-order valence-electron chi connectivity index (χ0n) is 12.5. The molecule has 1 aromatic carbocycles. The second-order valence-corrected chi connectivity index (χ2v) is 5.82. The van der Waals surface area contributed by atoms with Crippen LogP contribution in [-0.2, 0) is 6.54 Å². The molecule has 1 atom stereocenters. The van der Waals surface area contributed by atoms with Crippen LogP contribution in [0.2, 0.25) is 0 Å². The minimum atomic E-state index is -0.739. The molecule has 0 amide bonds. The fourth-order valence-electron chi connectivity index (χ4n) is 2.41. The summed E-state index contributed by atoms with van der Waals surface area (Å²) in [6.45, 7) is 4.91. The number of rotatable bonds is 6. The van der Waals surface area contributed by atoms with Crippen LogP contribution >= 0.6 is 0 Å². The Morgan fingerprint density at radius 3 is 2.65 bits per heavy atom. The Bertz CT molecular complexity index is 447. The molecule has 0 saturated carbocycles. The van der Waals surface area contributed by atoms with Crippen LogP contribution in [0, 0.1) is 0 Å². The van der Waals surface area contributed by atoms with Crippen LogP contribution in [0.25, 0.3) is 0 Å². The Morgan fingerprint density at radius 1 is 1.25 bits per heavy atom. The third-order valence-corrected chi connectivity index (χ3v) is 3.10. The van der Waals surface area contributed by atoms with Gasteiger partial charge in [-0.3, -0.25) is 0 Å². The monoisotopic (exact) mass is 280 g/mol. The molecule has 1 unspecified atom stereocenters. The predicted octanol–water partition coefficient (Wildman–Crippen LogP) is 0.860. The molecule has 1 aromatic rings. The molecule has 112 valence electrons. The molecule has 0 radical (unpaired) electrons. The molecular formula is C15H24N2O3. The maximum atomic E-state index is 10.2.